The van der Waals surface area contributed by atoms with Crippen LogP contribution in [0.3, 0.4) is 0 Å². The Kier molecular flexibility index (Phi) is 4.97. The maximum absolute atomic E-state index is 12.3. The zero-order valence-electron chi connectivity index (χ0n) is 14.8. The molecule has 0 bridgehead atoms. The topological polar surface area (TPSA) is 80.2 Å². The molecule has 1 saturated heterocycles. The van der Waals surface area contributed by atoms with Gasteiger partial charge in [0.05, 0.1) is 18.7 Å². The molecule has 1 amide bonds. The Hall–Kier alpha value is -3.00. The normalized spacial score (nSPS) is 16.3. The second-order valence-electron chi connectivity index (χ2n) is 6.23. The Bertz CT molecular complexity index is 914. The van der Waals surface area contributed by atoms with E-state index in [2.05, 4.69) is 37.5 Å². The van der Waals surface area contributed by atoms with E-state index in [0.29, 0.717) is 10.7 Å². The first-order valence-corrected chi connectivity index (χ1v) is 9.57. The van der Waals surface area contributed by atoms with Crippen LogP contribution in [0.4, 0.5) is 10.9 Å². The molecule has 7 nitrogen and oxygen atoms in total. The number of aromatic nitrogens is 3. The third kappa shape index (κ3) is 3.75. The van der Waals surface area contributed by atoms with Crippen molar-refractivity contribution in [2.75, 3.05) is 23.9 Å². The van der Waals surface area contributed by atoms with Gasteiger partial charge in [0.1, 0.15) is 17.1 Å². The lowest BCUT2D eigenvalue weighted by Crippen LogP contribution is -2.23. The van der Waals surface area contributed by atoms with Crippen molar-refractivity contribution >= 4 is 28.2 Å². The van der Waals surface area contributed by atoms with Gasteiger partial charge in [-0.2, -0.15) is 0 Å². The summed E-state index contributed by atoms with van der Waals surface area (Å²) in [6.45, 7) is 0.936. The van der Waals surface area contributed by atoms with Crippen molar-refractivity contribution in [1.29, 1.82) is 0 Å². The second-order valence-corrected chi connectivity index (χ2v) is 7.06. The Labute approximate surface area is 161 Å². The first-order valence-electron chi connectivity index (χ1n) is 8.69. The van der Waals surface area contributed by atoms with Gasteiger partial charge in [0.25, 0.3) is 5.91 Å². The van der Waals surface area contributed by atoms with Crippen molar-refractivity contribution in [3.63, 3.8) is 0 Å². The molecule has 4 rings (SSSR count). The maximum atomic E-state index is 12.3. The molecule has 0 radical (unpaired) electrons. The molecule has 0 spiro atoms. The minimum absolute atomic E-state index is 0.239. The van der Waals surface area contributed by atoms with Crippen LogP contribution < -0.4 is 15.0 Å². The number of nitrogens with zero attached hydrogens (tertiary/aromatic N) is 4. The Morgan fingerprint density at radius 2 is 2.26 bits per heavy atom. The summed E-state index contributed by atoms with van der Waals surface area (Å²) in [5.41, 5.74) is 3.28. The number of nitrogens with one attached hydrogen (secondary N) is 1. The number of hydrogen-bond donors (Lipinski definition) is 1. The molecule has 138 valence electrons. The number of hydrogen-bond acceptors (Lipinski definition) is 7. The monoisotopic (exact) mass is 381 g/mol. The van der Waals surface area contributed by atoms with Gasteiger partial charge in [-0.15, -0.1) is 10.2 Å². The van der Waals surface area contributed by atoms with E-state index in [9.17, 15) is 4.79 Å². The highest BCUT2D eigenvalue weighted by molar-refractivity contribution is 7.13. The highest BCUT2D eigenvalue weighted by Crippen LogP contribution is 2.36. The summed E-state index contributed by atoms with van der Waals surface area (Å²) in [6, 6.07) is 12.1. The average molecular weight is 381 g/mol. The number of methoxy groups -OCH3 is 1. The summed E-state index contributed by atoms with van der Waals surface area (Å²) in [6.07, 6.45) is 3.77. The van der Waals surface area contributed by atoms with Crippen LogP contribution in [0.1, 0.15) is 34.8 Å². The quantitative estimate of drug-likeness (QED) is 0.728. The number of carbonyl (C=O) groups excluding carboxylic acids is 1. The highest BCUT2D eigenvalue weighted by atomic mass is 32.1. The smallest absolute Gasteiger partial charge is 0.259 e. The summed E-state index contributed by atoms with van der Waals surface area (Å²) in [4.78, 5) is 19.1. The summed E-state index contributed by atoms with van der Waals surface area (Å²) in [5, 5.41) is 10.7. The van der Waals surface area contributed by atoms with Gasteiger partial charge in [0.2, 0.25) is 5.13 Å². The van der Waals surface area contributed by atoms with E-state index < -0.39 is 0 Å². The van der Waals surface area contributed by atoms with Gasteiger partial charge < -0.3 is 9.64 Å². The van der Waals surface area contributed by atoms with Gasteiger partial charge in [-0.25, -0.2) is 4.98 Å². The number of ether oxygens (including phenoxy) is 1. The molecule has 3 heterocycles. The molecule has 1 aromatic carbocycles. The van der Waals surface area contributed by atoms with Gasteiger partial charge in [-0.05, 0) is 42.7 Å². The van der Waals surface area contributed by atoms with E-state index in [4.69, 9.17) is 4.74 Å². The summed E-state index contributed by atoms with van der Waals surface area (Å²) >= 11 is 1.28. The van der Waals surface area contributed by atoms with Crippen LogP contribution in [0.15, 0.2) is 48.1 Å². The Balaban J connectivity index is 1.51. The predicted octanol–water partition coefficient (Wildman–Crippen LogP) is 3.54. The van der Waals surface area contributed by atoms with Gasteiger partial charge in [0.15, 0.2) is 0 Å². The zero-order valence-corrected chi connectivity index (χ0v) is 15.6. The molecule has 1 aliphatic rings. The standard InChI is InChI=1S/C19H19N5O2S/c1-26-15-5-2-4-13(10-15)16-6-3-9-24(16)17-8-7-14(11-20-17)18(25)22-19-23-21-12-27-19/h2,4-5,7-8,10-12,16H,3,6,9H2,1H3,(H,22,23,25). The second kappa shape index (κ2) is 7.71. The van der Waals surface area contributed by atoms with Crippen LogP contribution in [-0.4, -0.2) is 34.7 Å². The van der Waals surface area contributed by atoms with Crippen LogP contribution in [0.25, 0.3) is 0 Å². The summed E-state index contributed by atoms with van der Waals surface area (Å²) in [5.74, 6) is 1.49. The van der Waals surface area contributed by atoms with Gasteiger partial charge in [-0.3, -0.25) is 10.1 Å². The minimum Gasteiger partial charge on any atom is -0.497 e. The lowest BCUT2D eigenvalue weighted by atomic mass is 10.0. The largest absolute Gasteiger partial charge is 0.497 e. The van der Waals surface area contributed by atoms with Crippen LogP contribution in [0, 0.1) is 0 Å². The molecule has 3 aromatic rings. The van der Waals surface area contributed by atoms with Gasteiger partial charge in [-0.1, -0.05) is 23.5 Å². The lowest BCUT2D eigenvalue weighted by Gasteiger charge is -2.26. The van der Waals surface area contributed by atoms with E-state index in [1.165, 1.54) is 16.9 Å². The molecule has 27 heavy (non-hydrogen) atoms. The lowest BCUT2D eigenvalue weighted by molar-refractivity contribution is 0.102. The first-order chi connectivity index (χ1) is 13.2. The van der Waals surface area contributed by atoms with Crippen molar-refractivity contribution < 1.29 is 9.53 Å². The molecule has 1 N–H and O–H groups in total. The van der Waals surface area contributed by atoms with Gasteiger partial charge >= 0.3 is 0 Å². The fourth-order valence-corrected chi connectivity index (χ4v) is 3.76. The third-order valence-corrected chi connectivity index (χ3v) is 5.22. The van der Waals surface area contributed by atoms with Crippen molar-refractivity contribution in [2.24, 2.45) is 0 Å². The Morgan fingerprint density at radius 1 is 1.33 bits per heavy atom. The molecule has 1 fully saturated rings. The van der Waals surface area contributed by atoms with Crippen LogP contribution in [0.2, 0.25) is 0 Å². The molecular weight excluding hydrogens is 362 g/mol. The minimum atomic E-state index is -0.239. The number of pyridine rings is 1. The molecule has 2 aromatic heterocycles. The van der Waals surface area contributed by atoms with E-state index in [-0.39, 0.29) is 11.9 Å². The van der Waals surface area contributed by atoms with E-state index >= 15 is 0 Å². The highest BCUT2D eigenvalue weighted by Gasteiger charge is 2.27. The molecule has 1 aliphatic heterocycles. The summed E-state index contributed by atoms with van der Waals surface area (Å²) < 4.78 is 5.35. The van der Waals surface area contributed by atoms with Crippen molar-refractivity contribution in [3.8, 4) is 5.75 Å². The van der Waals surface area contributed by atoms with E-state index in [1.807, 2.05) is 18.2 Å². The zero-order chi connectivity index (χ0) is 18.6. The van der Waals surface area contributed by atoms with Crippen molar-refractivity contribution in [2.45, 2.75) is 18.9 Å². The maximum Gasteiger partial charge on any atom is 0.259 e. The number of rotatable bonds is 5. The summed E-state index contributed by atoms with van der Waals surface area (Å²) in [7, 11) is 1.68. The fraction of sp³-hybridized carbons (Fsp3) is 0.263. The number of carbonyl (C=O) groups is 1. The molecule has 0 aliphatic carbocycles. The van der Waals surface area contributed by atoms with E-state index in [1.54, 1.807) is 24.9 Å². The van der Waals surface area contributed by atoms with Crippen LogP contribution in [-0.2, 0) is 0 Å². The Morgan fingerprint density at radius 3 is 3.00 bits per heavy atom. The molecule has 1 unspecified atom stereocenters. The first kappa shape index (κ1) is 17.4. The van der Waals surface area contributed by atoms with Gasteiger partial charge in [0, 0.05) is 12.7 Å². The van der Waals surface area contributed by atoms with E-state index in [0.717, 1.165) is 31.0 Å². The number of amides is 1. The predicted molar refractivity (Wildman–Crippen MR) is 104 cm³/mol. The molecular formula is C19H19N5O2S. The van der Waals surface area contributed by atoms with Crippen LogP contribution >= 0.6 is 11.3 Å². The average Bonchev–Trinajstić information content (AvgIpc) is 3.40. The third-order valence-electron chi connectivity index (χ3n) is 4.62. The molecule has 0 saturated carbocycles. The fourth-order valence-electron chi connectivity index (χ4n) is 3.32. The SMILES string of the molecule is COc1cccc(C2CCCN2c2ccc(C(=O)Nc3nncs3)cn2)c1. The number of anilines is 2. The molecule has 8 heteroatoms. The van der Waals surface area contributed by atoms with Crippen molar-refractivity contribution in [1.82, 2.24) is 15.2 Å². The molecule has 1 atom stereocenters. The number of benzene rings is 1. The van der Waals surface area contributed by atoms with Crippen LogP contribution in [0.5, 0.6) is 5.75 Å². The van der Waals surface area contributed by atoms with Crippen molar-refractivity contribution in [3.05, 3.63) is 59.2 Å².